The van der Waals surface area contributed by atoms with E-state index in [0.29, 0.717) is 12.8 Å². The summed E-state index contributed by atoms with van der Waals surface area (Å²) in [6.07, 6.45) is 5.90. The van der Waals surface area contributed by atoms with Crippen LogP contribution in [-0.4, -0.2) is 67.5 Å². The molecule has 274 valence electrons. The fourth-order valence-electron chi connectivity index (χ4n) is 7.52. The normalized spacial score (nSPS) is 24.2. The Morgan fingerprint density at radius 2 is 1.61 bits per heavy atom. The third-order valence-corrected chi connectivity index (χ3v) is 12.8. The van der Waals surface area contributed by atoms with Gasteiger partial charge < -0.3 is 14.5 Å². The van der Waals surface area contributed by atoms with Crippen molar-refractivity contribution in [1.82, 2.24) is 9.62 Å². The second kappa shape index (κ2) is 14.2. The van der Waals surface area contributed by atoms with Gasteiger partial charge in [0.1, 0.15) is 18.0 Å². The lowest BCUT2D eigenvalue weighted by atomic mass is 9.77. The first-order valence-electron chi connectivity index (χ1n) is 17.9. The summed E-state index contributed by atoms with van der Waals surface area (Å²) in [4.78, 5) is 59.0. The van der Waals surface area contributed by atoms with Crippen molar-refractivity contribution in [3.63, 3.8) is 0 Å². The van der Waals surface area contributed by atoms with Crippen LogP contribution in [0.1, 0.15) is 78.6 Å². The molecule has 0 unspecified atom stereocenters. The van der Waals surface area contributed by atoms with Gasteiger partial charge in [0.15, 0.2) is 5.78 Å². The zero-order valence-electron chi connectivity index (χ0n) is 29.6. The summed E-state index contributed by atoms with van der Waals surface area (Å²) in [7, 11) is -3.84. The third-order valence-electron chi connectivity index (χ3n) is 11.0. The number of nitrogens with zero attached hydrogens (tertiary/aromatic N) is 2. The zero-order chi connectivity index (χ0) is 36.7. The Morgan fingerprint density at radius 1 is 1.00 bits per heavy atom. The van der Waals surface area contributed by atoms with Crippen LogP contribution in [0.3, 0.4) is 0 Å². The molecule has 12 heteroatoms. The first-order chi connectivity index (χ1) is 24.1. The van der Waals surface area contributed by atoms with Crippen LogP contribution in [0.15, 0.2) is 61.2 Å². The predicted molar refractivity (Wildman–Crippen MR) is 191 cm³/mol. The molecular weight excluding hydrogens is 674 g/mol. The summed E-state index contributed by atoms with van der Waals surface area (Å²) < 4.78 is 46.9. The number of carbonyl (C=O) groups excluding carboxylic acids is 4. The number of benzene rings is 2. The van der Waals surface area contributed by atoms with E-state index < -0.39 is 49.9 Å². The number of esters is 1. The quantitative estimate of drug-likeness (QED) is 0.204. The van der Waals surface area contributed by atoms with Crippen LogP contribution in [0.2, 0.25) is 0 Å². The van der Waals surface area contributed by atoms with Crippen molar-refractivity contribution in [1.29, 1.82) is 0 Å². The van der Waals surface area contributed by atoms with Crippen LogP contribution in [0, 0.1) is 28.5 Å². The molecule has 2 amide bonds. The second-order valence-corrected chi connectivity index (χ2v) is 17.7. The van der Waals surface area contributed by atoms with Gasteiger partial charge in [-0.2, -0.15) is 0 Å². The van der Waals surface area contributed by atoms with Gasteiger partial charge in [-0.3, -0.25) is 23.9 Å². The molecule has 1 heterocycles. The molecule has 0 radical (unpaired) electrons. The fraction of sp³-hybridized carbons (Fsp3) is 0.538. The van der Waals surface area contributed by atoms with Crippen molar-refractivity contribution in [2.24, 2.45) is 22.7 Å². The molecule has 0 bridgehead atoms. The van der Waals surface area contributed by atoms with Crippen LogP contribution in [-0.2, 0) is 33.9 Å². The highest BCUT2D eigenvalue weighted by Crippen LogP contribution is 2.57. The predicted octanol–water partition coefficient (Wildman–Crippen LogP) is 5.77. The molecule has 0 aromatic heterocycles. The van der Waals surface area contributed by atoms with Crippen LogP contribution in [0.5, 0.6) is 0 Å². The number of ketones is 1. The number of sulfonamides is 1. The van der Waals surface area contributed by atoms with E-state index in [1.807, 2.05) is 49.9 Å². The Balaban J connectivity index is 1.26. The van der Waals surface area contributed by atoms with E-state index in [9.17, 15) is 32.0 Å². The Morgan fingerprint density at radius 3 is 2.16 bits per heavy atom. The number of Topliss-reactive ketones (excluding diaryl/α,β-unsaturated/α-hetero) is 1. The van der Waals surface area contributed by atoms with E-state index in [1.165, 1.54) is 17.0 Å². The van der Waals surface area contributed by atoms with Crippen molar-refractivity contribution < 1.29 is 36.7 Å². The average molecular weight is 722 g/mol. The van der Waals surface area contributed by atoms with E-state index in [4.69, 9.17) is 4.74 Å². The number of hydrogen-bond acceptors (Lipinski definition) is 8. The highest BCUT2D eigenvalue weighted by molar-refractivity contribution is 7.90. The molecule has 2 aromatic rings. The highest BCUT2D eigenvalue weighted by atomic mass is 32.2. The van der Waals surface area contributed by atoms with Gasteiger partial charge in [-0.05, 0) is 91.7 Å². The monoisotopic (exact) mass is 721 g/mol. The van der Waals surface area contributed by atoms with E-state index in [-0.39, 0.29) is 62.0 Å². The maximum Gasteiger partial charge on any atom is 0.306 e. The molecule has 4 atom stereocenters. The summed E-state index contributed by atoms with van der Waals surface area (Å²) >= 11 is 0. The maximum absolute atomic E-state index is 14.6. The number of amides is 2. The first kappa shape index (κ1) is 36.7. The molecule has 1 N–H and O–H groups in total. The van der Waals surface area contributed by atoms with Gasteiger partial charge in [0.05, 0.1) is 29.7 Å². The van der Waals surface area contributed by atoms with Crippen molar-refractivity contribution >= 4 is 39.3 Å². The summed E-state index contributed by atoms with van der Waals surface area (Å²) in [5.41, 5.74) is 0.534. The SMILES string of the molecule is C=C[C@@H]1C[C@]1(CC(=O)[C@@H]1CN(c2ccc(-c3ccc(F)cc3)cc2)CN1C(=O)[C@@H](CC(=O)OC1CCCC1)C(C)(C)C)C(=O)NS(=O)(=O)C1CC1. The molecule has 3 aliphatic carbocycles. The minimum absolute atomic E-state index is 0.0650. The number of nitrogens with one attached hydrogen (secondary N) is 1. The second-order valence-electron chi connectivity index (χ2n) is 15.8. The lowest BCUT2D eigenvalue weighted by molar-refractivity contribution is -0.156. The number of rotatable bonds is 13. The van der Waals surface area contributed by atoms with Crippen molar-refractivity contribution in [3.05, 3.63) is 67.0 Å². The van der Waals surface area contributed by atoms with Gasteiger partial charge in [0.25, 0.3) is 0 Å². The number of ether oxygens (including phenoxy) is 1. The molecule has 10 nitrogen and oxygen atoms in total. The van der Waals surface area contributed by atoms with Gasteiger partial charge in [-0.15, -0.1) is 6.58 Å². The summed E-state index contributed by atoms with van der Waals surface area (Å²) in [6.45, 7) is 9.67. The van der Waals surface area contributed by atoms with E-state index >= 15 is 0 Å². The summed E-state index contributed by atoms with van der Waals surface area (Å²) in [5.74, 6) is -3.38. The largest absolute Gasteiger partial charge is 0.462 e. The van der Waals surface area contributed by atoms with Crippen molar-refractivity contribution in [2.45, 2.75) is 96.0 Å². The number of halogens is 1. The van der Waals surface area contributed by atoms with Crippen molar-refractivity contribution in [2.75, 3.05) is 18.1 Å². The maximum atomic E-state index is 14.6. The first-order valence-corrected chi connectivity index (χ1v) is 19.5. The Hall–Kier alpha value is -4.06. The van der Waals surface area contributed by atoms with Crippen LogP contribution in [0.4, 0.5) is 10.1 Å². The van der Waals surface area contributed by atoms with Crippen LogP contribution >= 0.6 is 0 Å². The van der Waals surface area contributed by atoms with E-state index in [0.717, 1.165) is 42.5 Å². The minimum Gasteiger partial charge on any atom is -0.462 e. The van der Waals surface area contributed by atoms with Gasteiger partial charge in [-0.25, -0.2) is 12.8 Å². The van der Waals surface area contributed by atoms with Crippen LogP contribution in [0.25, 0.3) is 11.1 Å². The van der Waals surface area contributed by atoms with Gasteiger partial charge in [0, 0.05) is 18.7 Å². The smallest absolute Gasteiger partial charge is 0.306 e. The number of anilines is 1. The van der Waals surface area contributed by atoms with E-state index in [1.54, 1.807) is 18.2 Å². The standard InChI is InChI=1S/C39H48FN3O7S/c1-5-27-21-39(27,37(47)41-51(48,49)31-18-19-31)22-34(44)33-23-42(29-16-12-26(13-17-29)25-10-14-28(40)15-11-25)24-43(33)36(46)32(38(2,3)4)20-35(45)50-30-8-6-7-9-30/h5,10-17,27,30-33H,1,6-9,18-24H2,2-4H3,(H,41,47)/t27-,32-,33+,39-/m1/s1. The molecule has 4 aliphatic rings. The zero-order valence-corrected chi connectivity index (χ0v) is 30.4. The fourth-order valence-corrected chi connectivity index (χ4v) is 8.90. The summed E-state index contributed by atoms with van der Waals surface area (Å²) in [6, 6.07) is 12.7. The lowest BCUT2D eigenvalue weighted by Crippen LogP contribution is -2.49. The molecule has 0 spiro atoms. The molecule has 1 saturated heterocycles. The summed E-state index contributed by atoms with van der Waals surface area (Å²) in [5, 5.41) is -0.601. The topological polar surface area (TPSA) is 130 Å². The molecule has 3 saturated carbocycles. The average Bonchev–Trinajstić information content (AvgIpc) is 3.96. The Bertz CT molecular complexity index is 1780. The lowest BCUT2D eigenvalue weighted by Gasteiger charge is -2.34. The number of allylic oxidation sites excluding steroid dienone is 1. The molecule has 6 rings (SSSR count). The van der Waals surface area contributed by atoms with E-state index in [2.05, 4.69) is 11.3 Å². The molecule has 2 aromatic carbocycles. The molecule has 4 fully saturated rings. The van der Waals surface area contributed by atoms with Gasteiger partial charge in [0.2, 0.25) is 21.8 Å². The van der Waals surface area contributed by atoms with Crippen molar-refractivity contribution in [3.8, 4) is 11.1 Å². The van der Waals surface area contributed by atoms with Gasteiger partial charge in [-0.1, -0.05) is 51.1 Å². The molecular formula is C39H48FN3O7S. The van der Waals surface area contributed by atoms with Gasteiger partial charge >= 0.3 is 5.97 Å². The molecule has 1 aliphatic heterocycles. The third kappa shape index (κ3) is 8.05. The van der Waals surface area contributed by atoms with Crippen LogP contribution < -0.4 is 9.62 Å². The Kier molecular flexibility index (Phi) is 10.2. The Labute approximate surface area is 299 Å². The number of hydrogen-bond donors (Lipinski definition) is 1. The minimum atomic E-state index is -3.84. The number of carbonyl (C=O) groups is 4. The highest BCUT2D eigenvalue weighted by Gasteiger charge is 2.61. The molecule has 51 heavy (non-hydrogen) atoms.